The molecule has 0 aliphatic carbocycles. The highest BCUT2D eigenvalue weighted by Gasteiger charge is 2.46. The van der Waals surface area contributed by atoms with Crippen molar-refractivity contribution in [1.82, 2.24) is 4.98 Å². The lowest BCUT2D eigenvalue weighted by Gasteiger charge is -2.24. The molecule has 2 aromatic carbocycles. The Hall–Kier alpha value is -3.13. The van der Waals surface area contributed by atoms with Crippen LogP contribution in [0.3, 0.4) is 0 Å². The highest BCUT2D eigenvalue weighted by molar-refractivity contribution is 7.22. The van der Waals surface area contributed by atoms with Crippen LogP contribution in [-0.4, -0.2) is 21.8 Å². The number of aliphatic hydroxyl groups is 1. The number of halogens is 2. The van der Waals surface area contributed by atoms with E-state index in [-0.39, 0.29) is 16.4 Å². The molecule has 0 saturated heterocycles. The maximum Gasteiger partial charge on any atom is 0.296 e. The third kappa shape index (κ3) is 3.53. The first kappa shape index (κ1) is 21.7. The summed E-state index contributed by atoms with van der Waals surface area (Å²) in [7, 11) is 0. The van der Waals surface area contributed by atoms with E-state index >= 15 is 0 Å². The van der Waals surface area contributed by atoms with Gasteiger partial charge >= 0.3 is 0 Å². The van der Waals surface area contributed by atoms with E-state index in [9.17, 15) is 14.7 Å². The number of anilines is 1. The minimum absolute atomic E-state index is 0.00651. The summed E-state index contributed by atoms with van der Waals surface area (Å²) in [5.41, 5.74) is 3.18. The molecule has 2 aromatic heterocycles. The van der Waals surface area contributed by atoms with Crippen LogP contribution in [0, 0.1) is 13.8 Å². The van der Waals surface area contributed by atoms with Crippen molar-refractivity contribution >= 4 is 61.6 Å². The molecule has 166 valence electrons. The first-order chi connectivity index (χ1) is 15.8. The third-order valence-corrected chi connectivity index (χ3v) is 7.22. The van der Waals surface area contributed by atoms with E-state index in [1.165, 1.54) is 28.6 Å². The Morgan fingerprint density at radius 2 is 1.94 bits per heavy atom. The number of furan rings is 1. The normalized spacial score (nSPS) is 16.3. The predicted molar refractivity (Wildman–Crippen MR) is 128 cm³/mol. The number of ketones is 1. The Kier molecular flexibility index (Phi) is 5.28. The number of nitrogens with zero attached hydrogens (tertiary/aromatic N) is 2. The number of hydrogen-bond donors (Lipinski definition) is 1. The summed E-state index contributed by atoms with van der Waals surface area (Å²) in [5, 5.41) is 11.8. The molecule has 1 atom stereocenters. The maximum absolute atomic E-state index is 13.3. The lowest BCUT2D eigenvalue weighted by atomic mass is 9.95. The largest absolute Gasteiger partial charge is 0.503 e. The van der Waals surface area contributed by atoms with Gasteiger partial charge in [-0.3, -0.25) is 14.5 Å². The fourth-order valence-corrected chi connectivity index (χ4v) is 5.51. The molecule has 0 spiro atoms. The minimum atomic E-state index is -0.966. The van der Waals surface area contributed by atoms with E-state index in [0.717, 1.165) is 21.3 Å². The van der Waals surface area contributed by atoms with Crippen molar-refractivity contribution < 1.29 is 19.1 Å². The number of hydrogen-bond acceptors (Lipinski definition) is 6. The van der Waals surface area contributed by atoms with Crippen molar-refractivity contribution in [3.63, 3.8) is 0 Å². The summed E-state index contributed by atoms with van der Waals surface area (Å²) in [5.74, 6) is -1.97. The predicted octanol–water partition coefficient (Wildman–Crippen LogP) is 6.60. The molecule has 1 aliphatic rings. The molecule has 0 radical (unpaired) electrons. The van der Waals surface area contributed by atoms with Gasteiger partial charge in [0.05, 0.1) is 38.1 Å². The molecule has 33 heavy (non-hydrogen) atoms. The topological polar surface area (TPSA) is 83.6 Å². The number of aromatic nitrogens is 1. The second-order valence-electron chi connectivity index (χ2n) is 7.74. The van der Waals surface area contributed by atoms with E-state index in [0.29, 0.717) is 15.7 Å². The molecule has 0 bridgehead atoms. The van der Waals surface area contributed by atoms with Gasteiger partial charge in [0.2, 0.25) is 5.78 Å². The van der Waals surface area contributed by atoms with Crippen molar-refractivity contribution in [2.24, 2.45) is 0 Å². The molecule has 5 rings (SSSR count). The van der Waals surface area contributed by atoms with Crippen molar-refractivity contribution in [2.75, 3.05) is 4.90 Å². The first-order valence-corrected chi connectivity index (χ1v) is 11.5. The van der Waals surface area contributed by atoms with Gasteiger partial charge in [0.1, 0.15) is 0 Å². The van der Waals surface area contributed by atoms with Crippen molar-refractivity contribution in [2.45, 2.75) is 19.9 Å². The van der Waals surface area contributed by atoms with Crippen LogP contribution in [0.1, 0.15) is 33.3 Å². The van der Waals surface area contributed by atoms with Crippen LogP contribution in [0.4, 0.5) is 5.13 Å². The molecule has 0 fully saturated rings. The number of thiazole rings is 1. The minimum Gasteiger partial charge on any atom is -0.503 e. The van der Waals surface area contributed by atoms with E-state index in [4.69, 9.17) is 27.6 Å². The molecular formula is C24H16Cl2N2O4S. The lowest BCUT2D eigenvalue weighted by Crippen LogP contribution is -2.31. The number of carbonyl (C=O) groups is 2. The summed E-state index contributed by atoms with van der Waals surface area (Å²) in [6.07, 6.45) is 1.35. The maximum atomic E-state index is 13.3. The number of Topliss-reactive ketones (excluding diaryl/α,β-unsaturated/α-hetero) is 1. The number of carbonyl (C=O) groups excluding carboxylic acids is 2. The average Bonchev–Trinajstić information content (AvgIpc) is 3.49. The lowest BCUT2D eigenvalue weighted by molar-refractivity contribution is -0.117. The second-order valence-corrected chi connectivity index (χ2v) is 9.57. The molecule has 0 saturated carbocycles. The van der Waals surface area contributed by atoms with Gasteiger partial charge in [-0.05, 0) is 60.9 Å². The van der Waals surface area contributed by atoms with Gasteiger partial charge in [0.15, 0.2) is 16.7 Å². The zero-order valence-corrected chi connectivity index (χ0v) is 19.8. The first-order valence-electron chi connectivity index (χ1n) is 9.94. The summed E-state index contributed by atoms with van der Waals surface area (Å²) in [6.45, 7) is 3.93. The van der Waals surface area contributed by atoms with Gasteiger partial charge in [-0.25, -0.2) is 4.98 Å². The number of rotatable bonds is 4. The van der Waals surface area contributed by atoms with Crippen LogP contribution in [0.25, 0.3) is 10.2 Å². The number of benzene rings is 2. The van der Waals surface area contributed by atoms with E-state index in [1.807, 2.05) is 26.0 Å². The summed E-state index contributed by atoms with van der Waals surface area (Å²) in [4.78, 5) is 32.6. The zero-order valence-electron chi connectivity index (χ0n) is 17.4. The van der Waals surface area contributed by atoms with E-state index in [2.05, 4.69) is 4.98 Å². The van der Waals surface area contributed by atoms with E-state index < -0.39 is 23.5 Å². The highest BCUT2D eigenvalue weighted by Crippen LogP contribution is 2.45. The molecule has 3 heterocycles. The SMILES string of the molecule is Cc1cc(C)c2nc(N3C(=O)C(O)=C(C(=O)c4ccco4)[C@@H]3c3ccc(Cl)c(Cl)c3)sc2c1. The Morgan fingerprint density at radius 1 is 1.15 bits per heavy atom. The Bertz CT molecular complexity index is 1470. The molecular weight excluding hydrogens is 483 g/mol. The molecule has 1 N–H and O–H groups in total. The molecule has 1 aliphatic heterocycles. The highest BCUT2D eigenvalue weighted by atomic mass is 35.5. The van der Waals surface area contributed by atoms with Crippen molar-refractivity contribution in [3.05, 3.63) is 92.6 Å². The van der Waals surface area contributed by atoms with Gasteiger partial charge in [-0.1, -0.05) is 46.7 Å². The van der Waals surface area contributed by atoms with Crippen LogP contribution in [-0.2, 0) is 4.79 Å². The fraction of sp³-hybridized carbons (Fsp3) is 0.125. The zero-order chi connectivity index (χ0) is 23.4. The van der Waals surface area contributed by atoms with Gasteiger partial charge in [-0.2, -0.15) is 0 Å². The van der Waals surface area contributed by atoms with Crippen molar-refractivity contribution in [1.29, 1.82) is 0 Å². The average molecular weight is 499 g/mol. The van der Waals surface area contributed by atoms with E-state index in [1.54, 1.807) is 24.3 Å². The summed E-state index contributed by atoms with van der Waals surface area (Å²) >= 11 is 13.7. The van der Waals surface area contributed by atoms with Crippen molar-refractivity contribution in [3.8, 4) is 0 Å². The van der Waals surface area contributed by atoms with Gasteiger partial charge in [0, 0.05) is 0 Å². The monoisotopic (exact) mass is 498 g/mol. The van der Waals surface area contributed by atoms with Crippen LogP contribution in [0.2, 0.25) is 10.0 Å². The smallest absolute Gasteiger partial charge is 0.296 e. The summed E-state index contributed by atoms with van der Waals surface area (Å²) in [6, 6.07) is 10.9. The molecule has 0 unspecified atom stereocenters. The number of aliphatic hydroxyl groups excluding tert-OH is 1. The molecule has 6 nitrogen and oxygen atoms in total. The molecule has 9 heteroatoms. The van der Waals surface area contributed by atoms with Crippen LogP contribution >= 0.6 is 34.5 Å². The standard InChI is InChI=1S/C24H16Cl2N2O4S/c1-11-8-12(2)19-17(9-11)33-24(27-19)28-20(13-5-6-14(25)15(26)10-13)18(22(30)23(28)31)21(29)16-4-3-7-32-16/h3-10,20,30H,1-2H3/t20-/m0/s1. The van der Waals surface area contributed by atoms with Gasteiger partial charge < -0.3 is 9.52 Å². The van der Waals surface area contributed by atoms with Gasteiger partial charge in [0.25, 0.3) is 5.91 Å². The number of aryl methyl sites for hydroxylation is 2. The van der Waals surface area contributed by atoms with Crippen LogP contribution in [0.15, 0.2) is 64.5 Å². The molecule has 1 amide bonds. The fourth-order valence-electron chi connectivity index (χ4n) is 4.03. The Balaban J connectivity index is 1.71. The quantitative estimate of drug-likeness (QED) is 0.320. The summed E-state index contributed by atoms with van der Waals surface area (Å²) < 4.78 is 6.15. The number of fused-ring (bicyclic) bond motifs is 1. The number of amides is 1. The van der Waals surface area contributed by atoms with Gasteiger partial charge in [-0.15, -0.1) is 0 Å². The van der Waals surface area contributed by atoms with Crippen LogP contribution in [0.5, 0.6) is 0 Å². The second kappa shape index (κ2) is 8.02. The third-order valence-electron chi connectivity index (χ3n) is 5.48. The van der Waals surface area contributed by atoms with Crippen LogP contribution < -0.4 is 4.90 Å². The molecule has 4 aromatic rings. The Labute approximate surface area is 202 Å². The Morgan fingerprint density at radius 3 is 2.64 bits per heavy atom.